The van der Waals surface area contributed by atoms with Crippen LogP contribution < -0.4 is 10.6 Å². The second-order valence-electron chi connectivity index (χ2n) is 4.71. The molecular formula is C14H18N4O2S. The molecule has 2 rings (SSSR count). The minimum atomic E-state index is -0.135. The van der Waals surface area contributed by atoms with E-state index in [1.807, 2.05) is 29.1 Å². The molecule has 0 aliphatic rings. The molecule has 1 unspecified atom stereocenters. The summed E-state index contributed by atoms with van der Waals surface area (Å²) >= 11 is 1.38. The molecule has 0 fully saturated rings. The summed E-state index contributed by atoms with van der Waals surface area (Å²) in [6.45, 7) is 2.94. The Balaban J connectivity index is 1.64. The smallest absolute Gasteiger partial charge is 0.261 e. The summed E-state index contributed by atoms with van der Waals surface area (Å²) in [6.07, 6.45) is 5.54. The molecule has 1 atom stereocenters. The minimum Gasteiger partial charge on any atom is -0.352 e. The number of nitrogens with zero attached hydrogens (tertiary/aromatic N) is 2. The van der Waals surface area contributed by atoms with Crippen LogP contribution in [-0.4, -0.2) is 34.0 Å². The molecule has 0 spiro atoms. The monoisotopic (exact) mass is 306 g/mol. The maximum Gasteiger partial charge on any atom is 0.261 e. The number of carbonyl (C=O) groups is 2. The SMILES string of the molecule is CC(Cn1ccnc1)NC(=O)CCNC(=O)c1cccs1. The van der Waals surface area contributed by atoms with Crippen molar-refractivity contribution in [2.75, 3.05) is 6.54 Å². The Bertz CT molecular complexity index is 566. The molecule has 0 saturated heterocycles. The molecule has 2 amide bonds. The number of thiophene rings is 1. The van der Waals surface area contributed by atoms with E-state index in [0.29, 0.717) is 18.0 Å². The first kappa shape index (κ1) is 15.2. The van der Waals surface area contributed by atoms with Crippen LogP contribution >= 0.6 is 11.3 Å². The molecule has 21 heavy (non-hydrogen) atoms. The average Bonchev–Trinajstić information content (AvgIpc) is 3.10. The molecule has 2 aromatic rings. The fraction of sp³-hybridized carbons (Fsp3) is 0.357. The third-order valence-corrected chi connectivity index (χ3v) is 3.70. The molecule has 0 aliphatic heterocycles. The predicted molar refractivity (Wildman–Crippen MR) is 81.1 cm³/mol. The van der Waals surface area contributed by atoms with Gasteiger partial charge in [-0.05, 0) is 18.4 Å². The van der Waals surface area contributed by atoms with Crippen LogP contribution in [0, 0.1) is 0 Å². The normalized spacial score (nSPS) is 11.9. The van der Waals surface area contributed by atoms with Crippen molar-refractivity contribution in [2.45, 2.75) is 25.9 Å². The summed E-state index contributed by atoms with van der Waals surface area (Å²) < 4.78 is 1.91. The van der Waals surface area contributed by atoms with Crippen molar-refractivity contribution >= 4 is 23.2 Å². The van der Waals surface area contributed by atoms with Gasteiger partial charge < -0.3 is 15.2 Å². The third-order valence-electron chi connectivity index (χ3n) is 2.83. The molecule has 2 heterocycles. The van der Waals surface area contributed by atoms with Gasteiger partial charge in [0.2, 0.25) is 5.91 Å². The number of carbonyl (C=O) groups excluding carboxylic acids is 2. The van der Waals surface area contributed by atoms with Gasteiger partial charge in [0.05, 0.1) is 11.2 Å². The Morgan fingerprint density at radius 2 is 2.33 bits per heavy atom. The largest absolute Gasteiger partial charge is 0.352 e. The Morgan fingerprint density at radius 1 is 1.48 bits per heavy atom. The van der Waals surface area contributed by atoms with E-state index in [1.165, 1.54) is 11.3 Å². The van der Waals surface area contributed by atoms with E-state index in [2.05, 4.69) is 15.6 Å². The standard InChI is InChI=1S/C14H18N4O2S/c1-11(9-18-7-6-15-10-18)17-13(19)4-5-16-14(20)12-3-2-8-21-12/h2-3,6-8,10-11H,4-5,9H2,1H3,(H,16,20)(H,17,19). The zero-order chi connectivity index (χ0) is 15.1. The molecule has 2 aromatic heterocycles. The molecule has 0 saturated carbocycles. The summed E-state index contributed by atoms with van der Waals surface area (Å²) in [6, 6.07) is 3.59. The molecule has 2 N–H and O–H groups in total. The second-order valence-corrected chi connectivity index (χ2v) is 5.66. The highest BCUT2D eigenvalue weighted by Gasteiger charge is 2.09. The number of nitrogens with one attached hydrogen (secondary N) is 2. The van der Waals surface area contributed by atoms with Gasteiger partial charge >= 0.3 is 0 Å². The van der Waals surface area contributed by atoms with E-state index >= 15 is 0 Å². The van der Waals surface area contributed by atoms with Gasteiger partial charge in [-0.15, -0.1) is 11.3 Å². The summed E-state index contributed by atoms with van der Waals surface area (Å²) in [5.41, 5.74) is 0. The molecule has 0 bridgehead atoms. The molecular weight excluding hydrogens is 288 g/mol. The number of hydrogen-bond acceptors (Lipinski definition) is 4. The van der Waals surface area contributed by atoms with E-state index in [9.17, 15) is 9.59 Å². The van der Waals surface area contributed by atoms with Crippen molar-refractivity contribution < 1.29 is 9.59 Å². The molecule has 112 valence electrons. The van der Waals surface area contributed by atoms with E-state index in [-0.39, 0.29) is 24.3 Å². The van der Waals surface area contributed by atoms with Crippen molar-refractivity contribution in [3.05, 3.63) is 41.1 Å². The molecule has 0 aliphatic carbocycles. The van der Waals surface area contributed by atoms with E-state index in [0.717, 1.165) is 0 Å². The highest BCUT2D eigenvalue weighted by Crippen LogP contribution is 2.07. The van der Waals surface area contributed by atoms with Gasteiger partial charge in [0, 0.05) is 37.9 Å². The Kier molecular flexibility index (Phi) is 5.51. The maximum absolute atomic E-state index is 11.8. The summed E-state index contributed by atoms with van der Waals surface area (Å²) in [5, 5.41) is 7.47. The first-order valence-corrected chi connectivity index (χ1v) is 7.60. The summed E-state index contributed by atoms with van der Waals surface area (Å²) in [4.78, 5) is 28.1. The summed E-state index contributed by atoms with van der Waals surface area (Å²) in [7, 11) is 0. The fourth-order valence-electron chi connectivity index (χ4n) is 1.89. The number of hydrogen-bond donors (Lipinski definition) is 2. The topological polar surface area (TPSA) is 76.0 Å². The van der Waals surface area contributed by atoms with Crippen LogP contribution in [0.4, 0.5) is 0 Å². The lowest BCUT2D eigenvalue weighted by Gasteiger charge is -2.14. The van der Waals surface area contributed by atoms with Gasteiger partial charge in [-0.3, -0.25) is 9.59 Å². The van der Waals surface area contributed by atoms with Gasteiger partial charge in [-0.1, -0.05) is 6.07 Å². The van der Waals surface area contributed by atoms with Crippen LogP contribution in [0.3, 0.4) is 0 Å². The Morgan fingerprint density at radius 3 is 3.00 bits per heavy atom. The van der Waals surface area contributed by atoms with Crippen molar-refractivity contribution in [3.63, 3.8) is 0 Å². The van der Waals surface area contributed by atoms with Gasteiger partial charge in [0.1, 0.15) is 0 Å². The molecule has 0 radical (unpaired) electrons. The van der Waals surface area contributed by atoms with Gasteiger partial charge in [0.15, 0.2) is 0 Å². The van der Waals surface area contributed by atoms with Crippen molar-refractivity contribution in [2.24, 2.45) is 0 Å². The predicted octanol–water partition coefficient (Wildman–Crippen LogP) is 1.27. The van der Waals surface area contributed by atoms with E-state index < -0.39 is 0 Å². The molecule has 6 nitrogen and oxygen atoms in total. The fourth-order valence-corrected chi connectivity index (χ4v) is 2.53. The Hall–Kier alpha value is -2.15. The van der Waals surface area contributed by atoms with Crippen LogP contribution in [0.15, 0.2) is 36.2 Å². The maximum atomic E-state index is 11.8. The first-order valence-electron chi connectivity index (χ1n) is 6.72. The number of amides is 2. The lowest BCUT2D eigenvalue weighted by molar-refractivity contribution is -0.121. The van der Waals surface area contributed by atoms with Gasteiger partial charge in [-0.25, -0.2) is 4.98 Å². The highest BCUT2D eigenvalue weighted by molar-refractivity contribution is 7.12. The number of rotatable bonds is 7. The van der Waals surface area contributed by atoms with E-state index in [4.69, 9.17) is 0 Å². The lowest BCUT2D eigenvalue weighted by Crippen LogP contribution is -2.37. The number of imidazole rings is 1. The average molecular weight is 306 g/mol. The van der Waals surface area contributed by atoms with Crippen molar-refractivity contribution in [1.29, 1.82) is 0 Å². The van der Waals surface area contributed by atoms with Crippen LogP contribution in [0.2, 0.25) is 0 Å². The Labute approximate surface area is 127 Å². The van der Waals surface area contributed by atoms with Crippen LogP contribution in [0.5, 0.6) is 0 Å². The quantitative estimate of drug-likeness (QED) is 0.809. The van der Waals surface area contributed by atoms with Gasteiger partial charge in [0.25, 0.3) is 5.91 Å². The van der Waals surface area contributed by atoms with Crippen molar-refractivity contribution in [1.82, 2.24) is 20.2 Å². The first-order chi connectivity index (χ1) is 10.1. The second kappa shape index (κ2) is 7.58. The minimum absolute atomic E-state index is 0.0136. The lowest BCUT2D eigenvalue weighted by atomic mass is 10.3. The molecule has 7 heteroatoms. The zero-order valence-corrected chi connectivity index (χ0v) is 12.6. The van der Waals surface area contributed by atoms with Crippen LogP contribution in [-0.2, 0) is 11.3 Å². The highest BCUT2D eigenvalue weighted by atomic mass is 32.1. The molecule has 0 aromatic carbocycles. The van der Waals surface area contributed by atoms with Gasteiger partial charge in [-0.2, -0.15) is 0 Å². The van der Waals surface area contributed by atoms with Crippen LogP contribution in [0.1, 0.15) is 23.0 Å². The van der Waals surface area contributed by atoms with Crippen molar-refractivity contribution in [3.8, 4) is 0 Å². The van der Waals surface area contributed by atoms with E-state index in [1.54, 1.807) is 18.6 Å². The summed E-state index contributed by atoms with van der Waals surface area (Å²) in [5.74, 6) is -0.210. The third kappa shape index (κ3) is 5.03. The number of aromatic nitrogens is 2. The van der Waals surface area contributed by atoms with Crippen LogP contribution in [0.25, 0.3) is 0 Å². The zero-order valence-electron chi connectivity index (χ0n) is 11.8.